The third-order valence-corrected chi connectivity index (χ3v) is 8.35. The van der Waals surface area contributed by atoms with Crippen LogP contribution in [0.2, 0.25) is 0 Å². The largest absolute Gasteiger partial charge is 0.477 e. The van der Waals surface area contributed by atoms with Gasteiger partial charge < -0.3 is 5.11 Å². The molecular formula is C13H21NO4S3. The van der Waals surface area contributed by atoms with E-state index in [1.54, 1.807) is 18.7 Å². The van der Waals surface area contributed by atoms with E-state index in [0.29, 0.717) is 12.1 Å². The minimum Gasteiger partial charge on any atom is -0.477 e. The van der Waals surface area contributed by atoms with Crippen LogP contribution in [0.25, 0.3) is 0 Å². The Labute approximate surface area is 134 Å². The first-order valence-corrected chi connectivity index (χ1v) is 10.1. The van der Waals surface area contributed by atoms with Gasteiger partial charge in [0.25, 0.3) is 0 Å². The quantitative estimate of drug-likeness (QED) is 0.752. The number of hydrogen-bond donors (Lipinski definition) is 2. The van der Waals surface area contributed by atoms with Crippen molar-refractivity contribution >= 4 is 39.1 Å². The van der Waals surface area contributed by atoms with Gasteiger partial charge in [0, 0.05) is 11.3 Å². The molecule has 0 aromatic carbocycles. The molecule has 1 heterocycles. The molecule has 0 amide bonds. The lowest BCUT2D eigenvalue weighted by Gasteiger charge is -2.29. The number of carboxylic acids is 1. The number of thiophene rings is 1. The van der Waals surface area contributed by atoms with Gasteiger partial charge in [-0.1, -0.05) is 13.8 Å². The van der Waals surface area contributed by atoms with Crippen molar-refractivity contribution in [1.82, 2.24) is 4.72 Å². The third kappa shape index (κ3) is 4.21. The molecule has 1 aromatic rings. The van der Waals surface area contributed by atoms with E-state index in [9.17, 15) is 13.2 Å². The zero-order valence-electron chi connectivity index (χ0n) is 12.6. The van der Waals surface area contributed by atoms with Gasteiger partial charge in [-0.3, -0.25) is 0 Å². The molecule has 0 aliphatic carbocycles. The molecule has 2 N–H and O–H groups in total. The van der Waals surface area contributed by atoms with Crippen LogP contribution in [0.3, 0.4) is 0 Å². The molecule has 0 atom stereocenters. The van der Waals surface area contributed by atoms with Gasteiger partial charge >= 0.3 is 5.97 Å². The second-order valence-corrected chi connectivity index (χ2v) is 9.12. The molecule has 0 bridgehead atoms. The molecule has 0 aliphatic heterocycles. The molecule has 0 spiro atoms. The summed E-state index contributed by atoms with van der Waals surface area (Å²) in [7, 11) is -3.67. The maximum absolute atomic E-state index is 12.3. The molecule has 0 aliphatic rings. The van der Waals surface area contributed by atoms with Crippen LogP contribution in [-0.4, -0.2) is 37.0 Å². The monoisotopic (exact) mass is 351 g/mol. The van der Waals surface area contributed by atoms with Crippen LogP contribution in [-0.2, 0) is 10.0 Å². The summed E-state index contributed by atoms with van der Waals surface area (Å²) < 4.78 is 27.2. The summed E-state index contributed by atoms with van der Waals surface area (Å²) in [5.41, 5.74) is 0.468. The molecule has 1 aromatic heterocycles. The fourth-order valence-corrected chi connectivity index (χ4v) is 5.39. The summed E-state index contributed by atoms with van der Waals surface area (Å²) in [6.07, 6.45) is 3.69. The lowest BCUT2D eigenvalue weighted by Crippen LogP contribution is -2.39. The van der Waals surface area contributed by atoms with Gasteiger partial charge in [0.15, 0.2) is 0 Å². The van der Waals surface area contributed by atoms with Crippen molar-refractivity contribution in [2.45, 2.75) is 42.6 Å². The average Bonchev–Trinajstić information content (AvgIpc) is 2.84. The normalized spacial score (nSPS) is 12.6. The first-order chi connectivity index (χ1) is 9.71. The summed E-state index contributed by atoms with van der Waals surface area (Å²) in [5, 5.41) is 9.01. The Morgan fingerprint density at radius 1 is 1.43 bits per heavy atom. The van der Waals surface area contributed by atoms with Crippen LogP contribution in [0, 0.1) is 6.92 Å². The number of rotatable bonds is 8. The highest BCUT2D eigenvalue weighted by Gasteiger charge is 2.29. The van der Waals surface area contributed by atoms with Gasteiger partial charge in [0.05, 0.1) is 0 Å². The zero-order valence-corrected chi connectivity index (χ0v) is 15.0. The molecule has 1 rings (SSSR count). The third-order valence-electron chi connectivity index (χ3n) is 3.66. The van der Waals surface area contributed by atoms with Crippen molar-refractivity contribution < 1.29 is 18.3 Å². The van der Waals surface area contributed by atoms with Crippen LogP contribution < -0.4 is 4.72 Å². The van der Waals surface area contributed by atoms with E-state index in [-0.39, 0.29) is 13.8 Å². The Balaban J connectivity index is 2.97. The molecule has 0 fully saturated rings. The Morgan fingerprint density at radius 3 is 2.38 bits per heavy atom. The van der Waals surface area contributed by atoms with Crippen molar-refractivity contribution in [3.8, 4) is 0 Å². The van der Waals surface area contributed by atoms with Crippen molar-refractivity contribution in [1.29, 1.82) is 0 Å². The molecule has 0 saturated carbocycles. The van der Waals surface area contributed by atoms with Gasteiger partial charge in [-0.2, -0.15) is 11.8 Å². The molecule has 0 saturated heterocycles. The number of carboxylic acid groups (broad SMARTS) is 1. The Bertz CT molecular complexity index is 595. The van der Waals surface area contributed by atoms with E-state index < -0.39 is 16.0 Å². The minimum absolute atomic E-state index is 0.0552. The van der Waals surface area contributed by atoms with Crippen molar-refractivity contribution in [3.05, 3.63) is 16.5 Å². The summed E-state index contributed by atoms with van der Waals surface area (Å²) in [4.78, 5) is 11.1. The number of hydrogen-bond acceptors (Lipinski definition) is 5. The van der Waals surface area contributed by atoms with E-state index in [0.717, 1.165) is 24.2 Å². The number of aromatic carboxylic acids is 1. The topological polar surface area (TPSA) is 83.5 Å². The lowest BCUT2D eigenvalue weighted by atomic mass is 10.0. The fraction of sp³-hybridized carbons (Fsp3) is 0.615. The fourth-order valence-electron chi connectivity index (χ4n) is 1.96. The average molecular weight is 352 g/mol. The summed E-state index contributed by atoms with van der Waals surface area (Å²) in [6.45, 7) is 6.00. The second-order valence-electron chi connectivity index (χ2n) is 4.80. The second kappa shape index (κ2) is 7.13. The Morgan fingerprint density at radius 2 is 2.00 bits per heavy atom. The standard InChI is InChI=1S/C13H21NO4S3/c1-5-13(6-2,19-4)8-14-21(17,18)10-7-9(3)11(20-10)12(15)16/h7,14H,5-6,8H2,1-4H3,(H,15,16). The smallest absolute Gasteiger partial charge is 0.346 e. The SMILES string of the molecule is CCC(CC)(CNS(=O)(=O)c1cc(C)c(C(=O)O)s1)SC. The first kappa shape index (κ1) is 18.5. The van der Waals surface area contributed by atoms with E-state index >= 15 is 0 Å². The number of nitrogens with one attached hydrogen (secondary N) is 1. The number of sulfonamides is 1. The van der Waals surface area contributed by atoms with E-state index in [2.05, 4.69) is 4.72 Å². The van der Waals surface area contributed by atoms with Gasteiger partial charge in [0.2, 0.25) is 10.0 Å². The highest BCUT2D eigenvalue weighted by atomic mass is 32.2. The lowest BCUT2D eigenvalue weighted by molar-refractivity contribution is 0.0701. The Hall–Kier alpha value is -0.570. The maximum Gasteiger partial charge on any atom is 0.346 e. The van der Waals surface area contributed by atoms with Gasteiger partial charge in [0.1, 0.15) is 9.09 Å². The van der Waals surface area contributed by atoms with Crippen LogP contribution in [0.1, 0.15) is 41.9 Å². The molecule has 0 radical (unpaired) electrons. The molecule has 8 heteroatoms. The minimum atomic E-state index is -3.67. The number of carbonyl (C=O) groups is 1. The van der Waals surface area contributed by atoms with E-state index in [4.69, 9.17) is 5.11 Å². The van der Waals surface area contributed by atoms with Crippen LogP contribution in [0.15, 0.2) is 10.3 Å². The van der Waals surface area contributed by atoms with Crippen molar-refractivity contribution in [2.75, 3.05) is 12.8 Å². The number of aryl methyl sites for hydroxylation is 1. The highest BCUT2D eigenvalue weighted by Crippen LogP contribution is 2.31. The van der Waals surface area contributed by atoms with Crippen LogP contribution in [0.5, 0.6) is 0 Å². The first-order valence-electron chi connectivity index (χ1n) is 6.60. The van der Waals surface area contributed by atoms with Crippen LogP contribution in [0.4, 0.5) is 0 Å². The van der Waals surface area contributed by atoms with Crippen molar-refractivity contribution in [2.24, 2.45) is 0 Å². The van der Waals surface area contributed by atoms with Crippen LogP contribution >= 0.6 is 23.1 Å². The predicted octanol–water partition coefficient (Wildman–Crippen LogP) is 2.95. The summed E-state index contributed by atoms with van der Waals surface area (Å²) in [5.74, 6) is -1.10. The molecular weight excluding hydrogens is 330 g/mol. The Kier molecular flexibility index (Phi) is 6.27. The molecule has 0 unspecified atom stereocenters. The van der Waals surface area contributed by atoms with Gasteiger partial charge in [-0.15, -0.1) is 11.3 Å². The molecule has 5 nitrogen and oxygen atoms in total. The van der Waals surface area contributed by atoms with Gasteiger partial charge in [-0.25, -0.2) is 17.9 Å². The summed E-state index contributed by atoms with van der Waals surface area (Å²) in [6, 6.07) is 1.41. The van der Waals surface area contributed by atoms with Gasteiger partial charge in [-0.05, 0) is 37.7 Å². The van der Waals surface area contributed by atoms with E-state index in [1.807, 2.05) is 20.1 Å². The number of thioether (sulfide) groups is 1. The summed E-state index contributed by atoms with van der Waals surface area (Å²) >= 11 is 2.44. The predicted molar refractivity (Wildman–Crippen MR) is 88.0 cm³/mol. The van der Waals surface area contributed by atoms with Crippen molar-refractivity contribution in [3.63, 3.8) is 0 Å². The maximum atomic E-state index is 12.3. The highest BCUT2D eigenvalue weighted by molar-refractivity contribution is 8.00. The molecule has 21 heavy (non-hydrogen) atoms. The van der Waals surface area contributed by atoms with E-state index in [1.165, 1.54) is 6.07 Å². The zero-order chi connectivity index (χ0) is 16.3. The molecule has 120 valence electrons.